The minimum absolute atomic E-state index is 0.00278. The van der Waals surface area contributed by atoms with Gasteiger partial charge in [0.15, 0.2) is 5.75 Å². The highest BCUT2D eigenvalue weighted by Gasteiger charge is 2.41. The third-order valence-electron chi connectivity index (χ3n) is 5.23. The van der Waals surface area contributed by atoms with Crippen molar-refractivity contribution in [2.75, 3.05) is 25.6 Å². The molecule has 1 unspecified atom stereocenters. The number of nitrogens with zero attached hydrogens (tertiary/aromatic N) is 2. The molecule has 39 heavy (non-hydrogen) atoms. The zero-order valence-corrected chi connectivity index (χ0v) is 20.4. The quantitative estimate of drug-likeness (QED) is 0.325. The van der Waals surface area contributed by atoms with Gasteiger partial charge in [-0.3, -0.25) is 14.7 Å². The number of halogens is 7. The van der Waals surface area contributed by atoms with Crippen LogP contribution in [0.1, 0.15) is 23.1 Å². The summed E-state index contributed by atoms with van der Waals surface area (Å²) >= 11 is 0. The fourth-order valence-electron chi connectivity index (χ4n) is 3.19. The van der Waals surface area contributed by atoms with E-state index in [1.807, 2.05) is 0 Å². The van der Waals surface area contributed by atoms with Gasteiger partial charge in [-0.05, 0) is 36.4 Å². The molecule has 212 valence electrons. The average molecular weight is 564 g/mol. The maximum absolute atomic E-state index is 14.0. The molecule has 0 aromatic heterocycles. The van der Waals surface area contributed by atoms with Crippen LogP contribution in [0, 0.1) is 5.82 Å². The van der Waals surface area contributed by atoms with Crippen molar-refractivity contribution in [2.45, 2.75) is 24.8 Å². The standard InChI is InChI=1S/C24H23F7N4O4/c1-33-21(37)19(7-8-36)34-12-13(11-32)17-9-14(23(26,27)28)10-18(24(29,30)31)20(17)39-22(38)35(2)16-5-3-15(25)4-6-16/h3-6,9-12,19,36H,7-8,32H2,1-2H3,(H,33,37)/b13-11+,34-12?. The van der Waals surface area contributed by atoms with Gasteiger partial charge in [-0.15, -0.1) is 0 Å². The summed E-state index contributed by atoms with van der Waals surface area (Å²) < 4.78 is 101. The Balaban J connectivity index is 2.72. The predicted octanol–water partition coefficient (Wildman–Crippen LogP) is 4.37. The first kappa shape index (κ1) is 31.1. The highest BCUT2D eigenvalue weighted by Crippen LogP contribution is 2.44. The van der Waals surface area contributed by atoms with Crippen molar-refractivity contribution < 1.29 is 50.2 Å². The minimum Gasteiger partial charge on any atom is -0.409 e. The molecular weight excluding hydrogens is 541 g/mol. The van der Waals surface area contributed by atoms with E-state index < -0.39 is 70.8 Å². The first-order chi connectivity index (χ1) is 18.1. The number of anilines is 1. The number of ether oxygens (including phenoxy) is 1. The number of benzene rings is 2. The summed E-state index contributed by atoms with van der Waals surface area (Å²) in [5.41, 5.74) is 0.345. The van der Waals surface area contributed by atoms with Gasteiger partial charge in [0.05, 0.1) is 11.1 Å². The van der Waals surface area contributed by atoms with Crippen LogP contribution < -0.4 is 20.7 Å². The van der Waals surface area contributed by atoms with Crippen molar-refractivity contribution in [1.29, 1.82) is 0 Å². The molecule has 0 saturated carbocycles. The number of carbonyl (C=O) groups excluding carboxylic acids is 2. The second kappa shape index (κ2) is 12.6. The Bertz CT molecular complexity index is 1240. The van der Waals surface area contributed by atoms with Crippen LogP contribution in [0.15, 0.2) is 47.6 Å². The van der Waals surface area contributed by atoms with E-state index in [0.717, 1.165) is 37.5 Å². The van der Waals surface area contributed by atoms with Crippen molar-refractivity contribution in [3.05, 3.63) is 65.1 Å². The van der Waals surface area contributed by atoms with Crippen LogP contribution in [0.4, 0.5) is 41.2 Å². The number of aliphatic imine (C=N–C) groups is 1. The Morgan fingerprint density at radius 3 is 2.23 bits per heavy atom. The lowest BCUT2D eigenvalue weighted by Crippen LogP contribution is -2.31. The lowest BCUT2D eigenvalue weighted by atomic mass is 9.98. The van der Waals surface area contributed by atoms with Crippen LogP contribution in [0.25, 0.3) is 5.57 Å². The van der Waals surface area contributed by atoms with Gasteiger partial charge in [-0.1, -0.05) is 0 Å². The lowest BCUT2D eigenvalue weighted by Gasteiger charge is -2.22. The molecule has 0 aliphatic carbocycles. The summed E-state index contributed by atoms with van der Waals surface area (Å²) in [5.74, 6) is -2.70. The molecule has 8 nitrogen and oxygen atoms in total. The van der Waals surface area contributed by atoms with Gasteiger partial charge in [0.2, 0.25) is 5.91 Å². The van der Waals surface area contributed by atoms with E-state index in [9.17, 15) is 40.3 Å². The second-order valence-corrected chi connectivity index (χ2v) is 7.84. The van der Waals surface area contributed by atoms with Crippen molar-refractivity contribution in [2.24, 2.45) is 10.7 Å². The monoisotopic (exact) mass is 564 g/mol. The Kier molecular flexibility index (Phi) is 10.0. The summed E-state index contributed by atoms with van der Waals surface area (Å²) in [7, 11) is 2.33. The summed E-state index contributed by atoms with van der Waals surface area (Å²) in [6.45, 7) is -0.516. The molecule has 0 saturated heterocycles. The molecule has 0 aliphatic rings. The zero-order valence-electron chi connectivity index (χ0n) is 20.4. The van der Waals surface area contributed by atoms with E-state index in [-0.39, 0.29) is 24.2 Å². The molecule has 1 atom stereocenters. The highest BCUT2D eigenvalue weighted by molar-refractivity contribution is 6.12. The number of hydrogen-bond donors (Lipinski definition) is 3. The summed E-state index contributed by atoms with van der Waals surface area (Å²) in [4.78, 5) is 29.3. The van der Waals surface area contributed by atoms with Gasteiger partial charge in [-0.2, -0.15) is 26.3 Å². The number of allylic oxidation sites excluding steroid dienone is 1. The Labute approximate surface area is 217 Å². The van der Waals surface area contributed by atoms with Crippen LogP contribution in [-0.2, 0) is 17.1 Å². The number of aliphatic hydroxyl groups is 1. The fourth-order valence-corrected chi connectivity index (χ4v) is 3.19. The molecule has 4 N–H and O–H groups in total. The summed E-state index contributed by atoms with van der Waals surface area (Å²) in [6, 6.07) is 2.95. The van der Waals surface area contributed by atoms with Gasteiger partial charge in [0, 0.05) is 56.4 Å². The molecule has 0 fully saturated rings. The molecule has 0 bridgehead atoms. The van der Waals surface area contributed by atoms with E-state index in [2.05, 4.69) is 10.3 Å². The van der Waals surface area contributed by atoms with Gasteiger partial charge in [0.25, 0.3) is 0 Å². The van der Waals surface area contributed by atoms with E-state index in [0.29, 0.717) is 11.1 Å². The number of nitrogens with one attached hydrogen (secondary N) is 1. The maximum Gasteiger partial charge on any atom is 0.420 e. The Morgan fingerprint density at radius 2 is 1.74 bits per heavy atom. The molecule has 0 spiro atoms. The van der Waals surface area contributed by atoms with Crippen molar-refractivity contribution >= 4 is 29.5 Å². The molecule has 15 heteroatoms. The van der Waals surface area contributed by atoms with Crippen LogP contribution in [0.2, 0.25) is 0 Å². The van der Waals surface area contributed by atoms with Crippen LogP contribution in [0.3, 0.4) is 0 Å². The number of aliphatic hydroxyl groups excluding tert-OH is 1. The topological polar surface area (TPSA) is 117 Å². The van der Waals surface area contributed by atoms with E-state index >= 15 is 0 Å². The third kappa shape index (κ3) is 7.92. The van der Waals surface area contributed by atoms with E-state index in [4.69, 9.17) is 15.6 Å². The van der Waals surface area contributed by atoms with Gasteiger partial charge >= 0.3 is 18.4 Å². The predicted molar refractivity (Wildman–Crippen MR) is 127 cm³/mol. The van der Waals surface area contributed by atoms with Crippen LogP contribution >= 0.6 is 0 Å². The second-order valence-electron chi connectivity index (χ2n) is 7.84. The molecule has 0 radical (unpaired) electrons. The largest absolute Gasteiger partial charge is 0.420 e. The van der Waals surface area contributed by atoms with Crippen molar-refractivity contribution in [3.63, 3.8) is 0 Å². The fraction of sp³-hybridized carbons (Fsp3) is 0.292. The number of carbonyl (C=O) groups is 2. The zero-order chi connectivity index (χ0) is 29.5. The number of amides is 2. The maximum atomic E-state index is 14.0. The van der Waals surface area contributed by atoms with Crippen molar-refractivity contribution in [1.82, 2.24) is 5.32 Å². The van der Waals surface area contributed by atoms with Crippen LogP contribution in [-0.4, -0.2) is 50.1 Å². The summed E-state index contributed by atoms with van der Waals surface area (Å²) in [6.07, 6.45) is -11.0. The third-order valence-corrected chi connectivity index (χ3v) is 5.23. The number of hydrogen-bond acceptors (Lipinski definition) is 6. The first-order valence-corrected chi connectivity index (χ1v) is 11.0. The SMILES string of the molecule is CNC(=O)C(CCO)N=C/C(=C\N)c1cc(C(F)(F)F)cc(C(F)(F)F)c1OC(=O)N(C)c1ccc(F)cc1. The Morgan fingerprint density at radius 1 is 1.13 bits per heavy atom. The van der Waals surface area contributed by atoms with Crippen LogP contribution in [0.5, 0.6) is 5.75 Å². The smallest absolute Gasteiger partial charge is 0.409 e. The lowest BCUT2D eigenvalue weighted by molar-refractivity contribution is -0.143. The van der Waals surface area contributed by atoms with Gasteiger partial charge < -0.3 is 20.9 Å². The van der Waals surface area contributed by atoms with Gasteiger partial charge in [-0.25, -0.2) is 9.18 Å². The number of rotatable bonds is 8. The number of likely N-dealkylation sites (N-methyl/N-ethyl adjacent to an activating group) is 1. The highest BCUT2D eigenvalue weighted by atomic mass is 19.4. The Hall–Kier alpha value is -4.14. The molecule has 2 aromatic carbocycles. The molecule has 2 rings (SSSR count). The first-order valence-electron chi connectivity index (χ1n) is 11.0. The normalized spacial score (nSPS) is 13.3. The molecule has 2 aromatic rings. The van der Waals surface area contributed by atoms with Gasteiger partial charge in [0.1, 0.15) is 11.9 Å². The van der Waals surface area contributed by atoms with Crippen molar-refractivity contribution in [3.8, 4) is 5.75 Å². The molecule has 0 heterocycles. The van der Waals surface area contributed by atoms with E-state index in [1.54, 1.807) is 0 Å². The molecular formula is C24H23F7N4O4. The molecule has 0 aliphatic heterocycles. The van der Waals surface area contributed by atoms with E-state index in [1.165, 1.54) is 7.05 Å². The number of alkyl halides is 6. The molecule has 2 amide bonds. The average Bonchev–Trinajstić information content (AvgIpc) is 2.87. The summed E-state index contributed by atoms with van der Waals surface area (Å²) in [5, 5.41) is 11.4. The number of nitrogens with two attached hydrogens (primary N) is 1. The minimum atomic E-state index is -5.43.